The molecule has 0 N–H and O–H groups in total. The first-order valence-electron chi connectivity index (χ1n) is 9.19. The summed E-state index contributed by atoms with van der Waals surface area (Å²) >= 11 is 0. The van der Waals surface area contributed by atoms with Crippen molar-refractivity contribution in [3.05, 3.63) is 109 Å². The lowest BCUT2D eigenvalue weighted by Crippen LogP contribution is -1.87. The van der Waals surface area contributed by atoms with Crippen molar-refractivity contribution in [3.63, 3.8) is 0 Å². The Bertz CT molecular complexity index is 941. The fourth-order valence-electron chi connectivity index (χ4n) is 3.36. The molecule has 4 aromatic carbocycles. The standard InChI is InChI=1S/C26H22/c1-2-20-10-9-15-23(16-20)26-18-24(21-11-5-3-6-12-21)17-25(19-26)22-13-7-4-8-14-22/h3-19H,2H2,1H3. The van der Waals surface area contributed by atoms with Crippen molar-refractivity contribution in [3.8, 4) is 33.4 Å². The highest BCUT2D eigenvalue weighted by Gasteiger charge is 2.07. The molecule has 126 valence electrons. The van der Waals surface area contributed by atoms with E-state index in [-0.39, 0.29) is 0 Å². The normalized spacial score (nSPS) is 10.7. The summed E-state index contributed by atoms with van der Waals surface area (Å²) in [6, 6.07) is 37.0. The average Bonchev–Trinajstić information content (AvgIpc) is 2.75. The van der Waals surface area contributed by atoms with Crippen LogP contribution >= 0.6 is 0 Å². The molecule has 0 aliphatic carbocycles. The molecule has 0 nitrogen and oxygen atoms in total. The van der Waals surface area contributed by atoms with Gasteiger partial charge in [0.05, 0.1) is 0 Å². The Morgan fingerprint density at radius 1 is 0.423 bits per heavy atom. The SMILES string of the molecule is CCc1cccc(-c2cc(-c3ccccc3)cc(-c3ccccc3)c2)c1. The molecule has 0 aliphatic rings. The summed E-state index contributed by atoms with van der Waals surface area (Å²) in [7, 11) is 0. The lowest BCUT2D eigenvalue weighted by molar-refractivity contribution is 1.14. The summed E-state index contributed by atoms with van der Waals surface area (Å²) in [5, 5.41) is 0. The molecule has 0 bridgehead atoms. The predicted molar refractivity (Wildman–Crippen MR) is 112 cm³/mol. The zero-order valence-corrected chi connectivity index (χ0v) is 15.0. The van der Waals surface area contributed by atoms with Gasteiger partial charge in [0.2, 0.25) is 0 Å². The van der Waals surface area contributed by atoms with Crippen molar-refractivity contribution in [2.45, 2.75) is 13.3 Å². The third-order valence-electron chi connectivity index (χ3n) is 4.82. The van der Waals surface area contributed by atoms with Gasteiger partial charge in [-0.1, -0.05) is 91.9 Å². The predicted octanol–water partition coefficient (Wildman–Crippen LogP) is 7.25. The van der Waals surface area contributed by atoms with Crippen molar-refractivity contribution < 1.29 is 0 Å². The van der Waals surface area contributed by atoms with E-state index in [9.17, 15) is 0 Å². The van der Waals surface area contributed by atoms with Crippen LogP contribution < -0.4 is 0 Å². The van der Waals surface area contributed by atoms with E-state index in [1.165, 1.54) is 38.9 Å². The molecule has 0 amide bonds. The average molecular weight is 334 g/mol. The van der Waals surface area contributed by atoms with E-state index in [1.807, 2.05) is 0 Å². The third kappa shape index (κ3) is 3.45. The molecule has 4 rings (SSSR count). The molecular weight excluding hydrogens is 312 g/mol. The Kier molecular flexibility index (Phi) is 4.66. The summed E-state index contributed by atoms with van der Waals surface area (Å²) < 4.78 is 0. The van der Waals surface area contributed by atoms with Crippen LogP contribution in [0.3, 0.4) is 0 Å². The van der Waals surface area contributed by atoms with Crippen LogP contribution in [-0.2, 0) is 6.42 Å². The minimum Gasteiger partial charge on any atom is -0.0622 e. The highest BCUT2D eigenvalue weighted by molar-refractivity contribution is 5.81. The summed E-state index contributed by atoms with van der Waals surface area (Å²) in [4.78, 5) is 0. The Labute approximate surface area is 155 Å². The molecule has 0 heterocycles. The second kappa shape index (κ2) is 7.41. The van der Waals surface area contributed by atoms with Gasteiger partial charge >= 0.3 is 0 Å². The molecule has 0 aliphatic heterocycles. The van der Waals surface area contributed by atoms with Crippen LogP contribution in [0.5, 0.6) is 0 Å². The first-order chi connectivity index (χ1) is 12.8. The Morgan fingerprint density at radius 3 is 1.38 bits per heavy atom. The number of benzene rings is 4. The summed E-state index contributed by atoms with van der Waals surface area (Å²) in [5.41, 5.74) is 8.91. The first kappa shape index (κ1) is 16.4. The molecule has 0 radical (unpaired) electrons. The van der Waals surface area contributed by atoms with E-state index in [4.69, 9.17) is 0 Å². The maximum atomic E-state index is 2.30. The van der Waals surface area contributed by atoms with Crippen LogP contribution in [0.4, 0.5) is 0 Å². The summed E-state index contributed by atoms with van der Waals surface area (Å²) in [6.07, 6.45) is 1.05. The Hall–Kier alpha value is -3.12. The van der Waals surface area contributed by atoms with Gasteiger partial charge in [-0.2, -0.15) is 0 Å². The molecular formula is C26H22. The van der Waals surface area contributed by atoms with Crippen molar-refractivity contribution in [2.24, 2.45) is 0 Å². The van der Waals surface area contributed by atoms with Gasteiger partial charge in [-0.3, -0.25) is 0 Å². The highest BCUT2D eigenvalue weighted by atomic mass is 14.1. The maximum Gasteiger partial charge on any atom is -0.0172 e. The minimum absolute atomic E-state index is 1.05. The number of rotatable bonds is 4. The van der Waals surface area contributed by atoms with E-state index in [2.05, 4.69) is 110 Å². The summed E-state index contributed by atoms with van der Waals surface area (Å²) in [5.74, 6) is 0. The lowest BCUT2D eigenvalue weighted by atomic mass is 9.93. The van der Waals surface area contributed by atoms with Gasteiger partial charge in [-0.05, 0) is 63.6 Å². The third-order valence-corrected chi connectivity index (χ3v) is 4.82. The first-order valence-corrected chi connectivity index (χ1v) is 9.19. The monoisotopic (exact) mass is 334 g/mol. The molecule has 4 aromatic rings. The van der Waals surface area contributed by atoms with Crippen LogP contribution in [0.15, 0.2) is 103 Å². The number of hydrogen-bond acceptors (Lipinski definition) is 0. The minimum atomic E-state index is 1.05. The quantitative estimate of drug-likeness (QED) is 0.369. The topological polar surface area (TPSA) is 0 Å². The van der Waals surface area contributed by atoms with Crippen molar-refractivity contribution in [2.75, 3.05) is 0 Å². The molecule has 0 saturated carbocycles. The fourth-order valence-corrected chi connectivity index (χ4v) is 3.36. The van der Waals surface area contributed by atoms with Crippen LogP contribution in [0.2, 0.25) is 0 Å². The van der Waals surface area contributed by atoms with Crippen molar-refractivity contribution >= 4 is 0 Å². The fraction of sp³-hybridized carbons (Fsp3) is 0.0769. The van der Waals surface area contributed by atoms with E-state index >= 15 is 0 Å². The van der Waals surface area contributed by atoms with Gasteiger partial charge in [0.25, 0.3) is 0 Å². The second-order valence-corrected chi connectivity index (χ2v) is 6.59. The van der Waals surface area contributed by atoms with Gasteiger partial charge in [-0.15, -0.1) is 0 Å². The number of hydrogen-bond donors (Lipinski definition) is 0. The smallest absolute Gasteiger partial charge is 0.0172 e. The molecule has 0 fully saturated rings. The molecule has 0 unspecified atom stereocenters. The van der Waals surface area contributed by atoms with Gasteiger partial charge in [0, 0.05) is 0 Å². The molecule has 0 atom stereocenters. The van der Waals surface area contributed by atoms with Gasteiger partial charge < -0.3 is 0 Å². The summed E-state index contributed by atoms with van der Waals surface area (Å²) in [6.45, 7) is 2.20. The van der Waals surface area contributed by atoms with E-state index in [0.29, 0.717) is 0 Å². The van der Waals surface area contributed by atoms with E-state index in [1.54, 1.807) is 0 Å². The zero-order valence-electron chi connectivity index (χ0n) is 15.0. The van der Waals surface area contributed by atoms with E-state index in [0.717, 1.165) is 6.42 Å². The van der Waals surface area contributed by atoms with Gasteiger partial charge in [-0.25, -0.2) is 0 Å². The molecule has 0 heteroatoms. The van der Waals surface area contributed by atoms with Crippen LogP contribution in [0, 0.1) is 0 Å². The van der Waals surface area contributed by atoms with Crippen LogP contribution in [0.1, 0.15) is 12.5 Å². The Balaban J connectivity index is 1.90. The van der Waals surface area contributed by atoms with E-state index < -0.39 is 0 Å². The highest BCUT2D eigenvalue weighted by Crippen LogP contribution is 2.33. The second-order valence-electron chi connectivity index (χ2n) is 6.59. The maximum absolute atomic E-state index is 2.30. The van der Waals surface area contributed by atoms with Gasteiger partial charge in [0.15, 0.2) is 0 Å². The Morgan fingerprint density at radius 2 is 0.885 bits per heavy atom. The molecule has 0 saturated heterocycles. The van der Waals surface area contributed by atoms with Gasteiger partial charge in [0.1, 0.15) is 0 Å². The lowest BCUT2D eigenvalue weighted by Gasteiger charge is -2.12. The molecule has 26 heavy (non-hydrogen) atoms. The van der Waals surface area contributed by atoms with Crippen molar-refractivity contribution in [1.29, 1.82) is 0 Å². The number of aryl methyl sites for hydroxylation is 1. The molecule has 0 spiro atoms. The van der Waals surface area contributed by atoms with Crippen LogP contribution in [-0.4, -0.2) is 0 Å². The molecule has 0 aromatic heterocycles. The zero-order chi connectivity index (χ0) is 17.8. The largest absolute Gasteiger partial charge is 0.0622 e. The van der Waals surface area contributed by atoms with Crippen molar-refractivity contribution in [1.82, 2.24) is 0 Å². The van der Waals surface area contributed by atoms with Crippen LogP contribution in [0.25, 0.3) is 33.4 Å².